The topological polar surface area (TPSA) is 21.3 Å². The number of nitrogens with one attached hydrogen (secondary N) is 1. The zero-order valence-electron chi connectivity index (χ0n) is 9.18. The smallest absolute Gasteiger partial charge is 0.0623 e. The van der Waals surface area contributed by atoms with E-state index in [0.717, 1.165) is 6.61 Å². The molecule has 1 aliphatic rings. The minimum absolute atomic E-state index is 0.392. The van der Waals surface area contributed by atoms with Crippen molar-refractivity contribution in [3.05, 3.63) is 0 Å². The van der Waals surface area contributed by atoms with Gasteiger partial charge in [0.1, 0.15) is 0 Å². The Morgan fingerprint density at radius 1 is 1.31 bits per heavy atom. The Kier molecular flexibility index (Phi) is 4.74. The van der Waals surface area contributed by atoms with E-state index in [-0.39, 0.29) is 0 Å². The maximum absolute atomic E-state index is 5.78. The molecule has 0 aliphatic carbocycles. The summed E-state index contributed by atoms with van der Waals surface area (Å²) < 4.78 is 5.78. The molecule has 0 aromatic rings. The van der Waals surface area contributed by atoms with Crippen LogP contribution in [0.5, 0.6) is 0 Å². The lowest BCUT2D eigenvalue weighted by atomic mass is 10.1. The SMILES string of the molecule is CC(C)C(C)OCC1CCCCN1. The summed E-state index contributed by atoms with van der Waals surface area (Å²) in [5.74, 6) is 0.628. The van der Waals surface area contributed by atoms with E-state index in [2.05, 4.69) is 26.1 Å². The molecule has 2 atom stereocenters. The largest absolute Gasteiger partial charge is 0.377 e. The summed E-state index contributed by atoms with van der Waals surface area (Å²) in [6, 6.07) is 0.606. The fourth-order valence-electron chi connectivity index (χ4n) is 1.53. The average Bonchev–Trinajstić information content (AvgIpc) is 2.15. The van der Waals surface area contributed by atoms with Crippen molar-refractivity contribution in [3.8, 4) is 0 Å². The summed E-state index contributed by atoms with van der Waals surface area (Å²) in [7, 11) is 0. The molecule has 0 spiro atoms. The Balaban J connectivity index is 2.10. The molecular formula is C11H23NO. The number of piperidine rings is 1. The number of ether oxygens (including phenoxy) is 1. The molecule has 1 saturated heterocycles. The molecule has 1 aliphatic heterocycles. The Bertz CT molecular complexity index is 130. The Morgan fingerprint density at radius 3 is 2.62 bits per heavy atom. The Morgan fingerprint density at radius 2 is 2.08 bits per heavy atom. The second-order valence-electron chi connectivity index (χ2n) is 4.43. The lowest BCUT2D eigenvalue weighted by molar-refractivity contribution is 0.0183. The molecule has 0 amide bonds. The first-order valence-corrected chi connectivity index (χ1v) is 5.55. The van der Waals surface area contributed by atoms with E-state index in [0.29, 0.717) is 18.1 Å². The average molecular weight is 185 g/mol. The fourth-order valence-corrected chi connectivity index (χ4v) is 1.53. The van der Waals surface area contributed by atoms with E-state index >= 15 is 0 Å². The molecule has 0 saturated carbocycles. The first kappa shape index (κ1) is 11.0. The van der Waals surface area contributed by atoms with Crippen molar-refractivity contribution in [2.45, 2.75) is 52.2 Å². The Labute approximate surface area is 82.0 Å². The van der Waals surface area contributed by atoms with E-state index in [4.69, 9.17) is 4.74 Å². The van der Waals surface area contributed by atoms with Crippen LogP contribution in [0.4, 0.5) is 0 Å². The third-order valence-electron chi connectivity index (χ3n) is 2.91. The van der Waals surface area contributed by atoms with E-state index in [1.165, 1.54) is 25.8 Å². The van der Waals surface area contributed by atoms with Gasteiger partial charge in [-0.1, -0.05) is 20.3 Å². The van der Waals surface area contributed by atoms with Gasteiger partial charge in [-0.15, -0.1) is 0 Å². The summed E-state index contributed by atoms with van der Waals surface area (Å²) in [5, 5.41) is 3.49. The van der Waals surface area contributed by atoms with Gasteiger partial charge in [0.05, 0.1) is 12.7 Å². The lowest BCUT2D eigenvalue weighted by Gasteiger charge is -2.26. The van der Waals surface area contributed by atoms with Crippen LogP contribution >= 0.6 is 0 Å². The van der Waals surface area contributed by atoms with Crippen molar-refractivity contribution in [2.75, 3.05) is 13.2 Å². The molecule has 2 heteroatoms. The third kappa shape index (κ3) is 4.10. The molecule has 2 unspecified atom stereocenters. The van der Waals surface area contributed by atoms with E-state index < -0.39 is 0 Å². The highest BCUT2D eigenvalue weighted by molar-refractivity contribution is 4.72. The highest BCUT2D eigenvalue weighted by Crippen LogP contribution is 2.10. The maximum Gasteiger partial charge on any atom is 0.0623 e. The van der Waals surface area contributed by atoms with E-state index in [1.807, 2.05) is 0 Å². The van der Waals surface area contributed by atoms with Gasteiger partial charge in [0.25, 0.3) is 0 Å². The molecule has 0 aromatic heterocycles. The summed E-state index contributed by atoms with van der Waals surface area (Å²) >= 11 is 0. The van der Waals surface area contributed by atoms with Crippen LogP contribution in [0.1, 0.15) is 40.0 Å². The molecular weight excluding hydrogens is 162 g/mol. The molecule has 13 heavy (non-hydrogen) atoms. The quantitative estimate of drug-likeness (QED) is 0.725. The predicted octanol–water partition coefficient (Wildman–Crippen LogP) is 2.19. The maximum atomic E-state index is 5.78. The van der Waals surface area contributed by atoms with Crippen LogP contribution in [-0.4, -0.2) is 25.3 Å². The molecule has 2 nitrogen and oxygen atoms in total. The van der Waals surface area contributed by atoms with Crippen LogP contribution < -0.4 is 5.32 Å². The van der Waals surface area contributed by atoms with Gasteiger partial charge in [-0.25, -0.2) is 0 Å². The highest BCUT2D eigenvalue weighted by Gasteiger charge is 2.14. The molecule has 0 radical (unpaired) electrons. The van der Waals surface area contributed by atoms with Crippen LogP contribution in [0.2, 0.25) is 0 Å². The molecule has 1 rings (SSSR count). The van der Waals surface area contributed by atoms with Gasteiger partial charge in [0.2, 0.25) is 0 Å². The molecule has 78 valence electrons. The van der Waals surface area contributed by atoms with Gasteiger partial charge in [-0.05, 0) is 32.2 Å². The van der Waals surface area contributed by atoms with Crippen molar-refractivity contribution in [3.63, 3.8) is 0 Å². The summed E-state index contributed by atoms with van der Waals surface area (Å²) in [6.45, 7) is 8.63. The van der Waals surface area contributed by atoms with Crippen LogP contribution in [-0.2, 0) is 4.74 Å². The van der Waals surface area contributed by atoms with Crippen molar-refractivity contribution < 1.29 is 4.74 Å². The molecule has 0 bridgehead atoms. The van der Waals surface area contributed by atoms with Crippen LogP contribution in [0.15, 0.2) is 0 Å². The minimum Gasteiger partial charge on any atom is -0.377 e. The van der Waals surface area contributed by atoms with Crippen LogP contribution in [0.3, 0.4) is 0 Å². The molecule has 1 N–H and O–H groups in total. The number of hydrogen-bond donors (Lipinski definition) is 1. The van der Waals surface area contributed by atoms with Crippen molar-refractivity contribution in [1.82, 2.24) is 5.32 Å². The molecule has 1 fully saturated rings. The summed E-state index contributed by atoms with van der Waals surface area (Å²) in [5.41, 5.74) is 0. The van der Waals surface area contributed by atoms with Crippen molar-refractivity contribution in [2.24, 2.45) is 5.92 Å². The summed E-state index contributed by atoms with van der Waals surface area (Å²) in [4.78, 5) is 0. The highest BCUT2D eigenvalue weighted by atomic mass is 16.5. The molecule has 0 aromatic carbocycles. The first-order valence-electron chi connectivity index (χ1n) is 5.55. The first-order chi connectivity index (χ1) is 6.20. The van der Waals surface area contributed by atoms with Gasteiger partial charge in [0.15, 0.2) is 0 Å². The number of hydrogen-bond acceptors (Lipinski definition) is 2. The predicted molar refractivity (Wildman–Crippen MR) is 55.9 cm³/mol. The third-order valence-corrected chi connectivity index (χ3v) is 2.91. The summed E-state index contributed by atoms with van der Waals surface area (Å²) in [6.07, 6.45) is 4.36. The van der Waals surface area contributed by atoms with Gasteiger partial charge in [-0.3, -0.25) is 0 Å². The zero-order valence-corrected chi connectivity index (χ0v) is 9.18. The number of rotatable bonds is 4. The van der Waals surface area contributed by atoms with E-state index in [9.17, 15) is 0 Å². The lowest BCUT2D eigenvalue weighted by Crippen LogP contribution is -2.38. The van der Waals surface area contributed by atoms with E-state index in [1.54, 1.807) is 0 Å². The second kappa shape index (κ2) is 5.61. The standard InChI is InChI=1S/C11H23NO/c1-9(2)10(3)13-8-11-6-4-5-7-12-11/h9-12H,4-8H2,1-3H3. The monoisotopic (exact) mass is 185 g/mol. The van der Waals surface area contributed by atoms with Crippen LogP contribution in [0, 0.1) is 5.92 Å². The van der Waals surface area contributed by atoms with Gasteiger partial charge in [-0.2, -0.15) is 0 Å². The van der Waals surface area contributed by atoms with Crippen molar-refractivity contribution >= 4 is 0 Å². The fraction of sp³-hybridized carbons (Fsp3) is 1.00. The van der Waals surface area contributed by atoms with Gasteiger partial charge in [0, 0.05) is 6.04 Å². The zero-order chi connectivity index (χ0) is 9.68. The van der Waals surface area contributed by atoms with Crippen molar-refractivity contribution in [1.29, 1.82) is 0 Å². The Hall–Kier alpha value is -0.0800. The van der Waals surface area contributed by atoms with Gasteiger partial charge < -0.3 is 10.1 Å². The molecule has 1 heterocycles. The normalized spacial score (nSPS) is 26.3. The van der Waals surface area contributed by atoms with Crippen LogP contribution in [0.25, 0.3) is 0 Å². The minimum atomic E-state index is 0.392. The second-order valence-corrected chi connectivity index (χ2v) is 4.43. The van der Waals surface area contributed by atoms with Gasteiger partial charge >= 0.3 is 0 Å².